The Labute approximate surface area is 125 Å². The fourth-order valence-corrected chi connectivity index (χ4v) is 2.85. The lowest BCUT2D eigenvalue weighted by Crippen LogP contribution is -2.49. The van der Waals surface area contributed by atoms with E-state index in [1.807, 2.05) is 4.90 Å². The van der Waals surface area contributed by atoms with E-state index < -0.39 is 5.91 Å². The van der Waals surface area contributed by atoms with Gasteiger partial charge in [0.1, 0.15) is 5.75 Å². The van der Waals surface area contributed by atoms with Crippen LogP contribution in [0.4, 0.5) is 0 Å². The molecule has 1 aromatic rings. The van der Waals surface area contributed by atoms with E-state index >= 15 is 0 Å². The van der Waals surface area contributed by atoms with Crippen LogP contribution >= 0.6 is 0 Å². The number of piperidine rings is 1. The summed E-state index contributed by atoms with van der Waals surface area (Å²) in [5, 5.41) is 0. The lowest BCUT2D eigenvalue weighted by molar-refractivity contribution is -0.139. The summed E-state index contributed by atoms with van der Waals surface area (Å²) < 4.78 is 5.51. The normalized spacial score (nSPS) is 21.9. The molecule has 5 nitrogen and oxygen atoms in total. The molecule has 1 saturated heterocycles. The number of carbonyl (C=O) groups excluding carboxylic acids is 2. The van der Waals surface area contributed by atoms with E-state index in [2.05, 4.69) is 13.8 Å². The number of hydrogen-bond donors (Lipinski definition) is 1. The van der Waals surface area contributed by atoms with Gasteiger partial charge in [0.25, 0.3) is 5.91 Å². The van der Waals surface area contributed by atoms with Gasteiger partial charge in [0.15, 0.2) is 6.61 Å². The van der Waals surface area contributed by atoms with E-state index in [1.54, 1.807) is 24.3 Å². The minimum absolute atomic E-state index is 0.00803. The molecule has 2 atom stereocenters. The number of hydrogen-bond acceptors (Lipinski definition) is 3. The third-order valence-electron chi connectivity index (χ3n) is 3.98. The molecule has 5 heteroatoms. The standard InChI is InChI=1S/C16H22N2O3/c1-11-4-3-5-12(2)18(11)15(19)10-21-14-8-6-13(7-9-14)16(17)20/h6-9,11-12H,3-5,10H2,1-2H3,(H2,17,20)/t11-,12+. The number of ether oxygens (including phenoxy) is 1. The summed E-state index contributed by atoms with van der Waals surface area (Å²) in [6.45, 7) is 4.18. The van der Waals surface area contributed by atoms with Gasteiger partial charge in [-0.05, 0) is 57.4 Å². The third kappa shape index (κ3) is 3.74. The Morgan fingerprint density at radius 3 is 2.29 bits per heavy atom. The molecule has 0 radical (unpaired) electrons. The monoisotopic (exact) mass is 290 g/mol. The third-order valence-corrected chi connectivity index (χ3v) is 3.98. The maximum Gasteiger partial charge on any atom is 0.260 e. The Kier molecular flexibility index (Phi) is 4.83. The van der Waals surface area contributed by atoms with E-state index in [-0.39, 0.29) is 24.6 Å². The summed E-state index contributed by atoms with van der Waals surface area (Å²) in [7, 11) is 0. The minimum Gasteiger partial charge on any atom is -0.484 e. The molecule has 1 aliphatic rings. The molecule has 2 amide bonds. The van der Waals surface area contributed by atoms with Crippen molar-refractivity contribution in [2.45, 2.75) is 45.2 Å². The second kappa shape index (κ2) is 6.61. The van der Waals surface area contributed by atoms with Crippen LogP contribution in [0.2, 0.25) is 0 Å². The number of amides is 2. The second-order valence-electron chi connectivity index (χ2n) is 5.61. The quantitative estimate of drug-likeness (QED) is 0.921. The van der Waals surface area contributed by atoms with E-state index in [0.29, 0.717) is 11.3 Å². The number of nitrogens with two attached hydrogens (primary N) is 1. The largest absolute Gasteiger partial charge is 0.484 e. The predicted molar refractivity (Wildman–Crippen MR) is 80.1 cm³/mol. The van der Waals surface area contributed by atoms with Crippen LogP contribution in [-0.2, 0) is 4.79 Å². The molecule has 21 heavy (non-hydrogen) atoms. The fourth-order valence-electron chi connectivity index (χ4n) is 2.85. The molecule has 1 fully saturated rings. The fraction of sp³-hybridized carbons (Fsp3) is 0.500. The maximum absolute atomic E-state index is 12.3. The van der Waals surface area contributed by atoms with Crippen molar-refractivity contribution in [3.05, 3.63) is 29.8 Å². The first-order valence-electron chi connectivity index (χ1n) is 7.33. The zero-order valence-corrected chi connectivity index (χ0v) is 12.5. The average Bonchev–Trinajstić information content (AvgIpc) is 2.45. The van der Waals surface area contributed by atoms with Crippen LogP contribution in [0, 0.1) is 0 Å². The molecule has 0 spiro atoms. The van der Waals surface area contributed by atoms with Gasteiger partial charge in [-0.25, -0.2) is 0 Å². The predicted octanol–water partition coefficient (Wildman–Crippen LogP) is 1.95. The summed E-state index contributed by atoms with van der Waals surface area (Å²) in [6.07, 6.45) is 3.26. The van der Waals surface area contributed by atoms with Crippen molar-refractivity contribution in [1.29, 1.82) is 0 Å². The molecular formula is C16H22N2O3. The van der Waals surface area contributed by atoms with Gasteiger partial charge in [0.05, 0.1) is 0 Å². The van der Waals surface area contributed by atoms with Crippen LogP contribution in [-0.4, -0.2) is 35.4 Å². The lowest BCUT2D eigenvalue weighted by atomic mass is 9.97. The zero-order chi connectivity index (χ0) is 15.4. The summed E-state index contributed by atoms with van der Waals surface area (Å²) in [6, 6.07) is 7.01. The molecule has 114 valence electrons. The van der Waals surface area contributed by atoms with Crippen molar-refractivity contribution in [2.24, 2.45) is 5.73 Å². The lowest BCUT2D eigenvalue weighted by Gasteiger charge is -2.38. The first kappa shape index (κ1) is 15.4. The van der Waals surface area contributed by atoms with Crippen LogP contribution in [0.3, 0.4) is 0 Å². The highest BCUT2D eigenvalue weighted by molar-refractivity contribution is 5.92. The number of carbonyl (C=O) groups is 2. The van der Waals surface area contributed by atoms with Gasteiger partial charge in [-0.3, -0.25) is 9.59 Å². The van der Waals surface area contributed by atoms with Crippen LogP contribution in [0.25, 0.3) is 0 Å². The Morgan fingerprint density at radius 1 is 1.19 bits per heavy atom. The van der Waals surface area contributed by atoms with Gasteiger partial charge in [-0.1, -0.05) is 0 Å². The van der Waals surface area contributed by atoms with Gasteiger partial charge < -0.3 is 15.4 Å². The van der Waals surface area contributed by atoms with Gasteiger partial charge in [0, 0.05) is 17.6 Å². The second-order valence-corrected chi connectivity index (χ2v) is 5.61. The van der Waals surface area contributed by atoms with Crippen LogP contribution in [0.1, 0.15) is 43.5 Å². The summed E-state index contributed by atoms with van der Waals surface area (Å²) >= 11 is 0. The van der Waals surface area contributed by atoms with Gasteiger partial charge in [-0.2, -0.15) is 0 Å². The van der Waals surface area contributed by atoms with E-state index in [1.165, 1.54) is 6.42 Å². The topological polar surface area (TPSA) is 72.6 Å². The maximum atomic E-state index is 12.3. The summed E-state index contributed by atoms with van der Waals surface area (Å²) in [4.78, 5) is 25.2. The Hall–Kier alpha value is -2.04. The molecule has 2 rings (SSSR count). The van der Waals surface area contributed by atoms with Crippen LogP contribution in [0.5, 0.6) is 5.75 Å². The van der Waals surface area contributed by atoms with E-state index in [9.17, 15) is 9.59 Å². The van der Waals surface area contributed by atoms with E-state index in [0.717, 1.165) is 12.8 Å². The van der Waals surface area contributed by atoms with Crippen molar-refractivity contribution in [1.82, 2.24) is 4.90 Å². The van der Waals surface area contributed by atoms with Crippen molar-refractivity contribution in [2.75, 3.05) is 6.61 Å². The smallest absolute Gasteiger partial charge is 0.260 e. The number of likely N-dealkylation sites (tertiary alicyclic amines) is 1. The first-order valence-corrected chi connectivity index (χ1v) is 7.33. The highest BCUT2D eigenvalue weighted by atomic mass is 16.5. The van der Waals surface area contributed by atoms with Gasteiger partial charge >= 0.3 is 0 Å². The van der Waals surface area contributed by atoms with Gasteiger partial charge in [0.2, 0.25) is 5.91 Å². The Morgan fingerprint density at radius 2 is 1.76 bits per heavy atom. The van der Waals surface area contributed by atoms with Crippen molar-refractivity contribution in [3.63, 3.8) is 0 Å². The molecule has 1 heterocycles. The summed E-state index contributed by atoms with van der Waals surface area (Å²) in [5.41, 5.74) is 5.60. The summed E-state index contributed by atoms with van der Waals surface area (Å²) in [5.74, 6) is 0.0907. The SMILES string of the molecule is C[C@@H]1CCC[C@H](C)N1C(=O)COc1ccc(C(N)=O)cc1. The highest BCUT2D eigenvalue weighted by Crippen LogP contribution is 2.22. The molecule has 0 aliphatic carbocycles. The highest BCUT2D eigenvalue weighted by Gasteiger charge is 2.28. The molecule has 1 aliphatic heterocycles. The molecule has 0 unspecified atom stereocenters. The molecule has 2 N–H and O–H groups in total. The van der Waals surface area contributed by atoms with Crippen LogP contribution < -0.4 is 10.5 Å². The van der Waals surface area contributed by atoms with E-state index in [4.69, 9.17) is 10.5 Å². The number of nitrogens with zero attached hydrogens (tertiary/aromatic N) is 1. The molecular weight excluding hydrogens is 268 g/mol. The molecule has 0 aromatic heterocycles. The average molecular weight is 290 g/mol. The number of rotatable bonds is 4. The Balaban J connectivity index is 1.92. The minimum atomic E-state index is -0.478. The van der Waals surface area contributed by atoms with Crippen molar-refractivity contribution < 1.29 is 14.3 Å². The van der Waals surface area contributed by atoms with Crippen LogP contribution in [0.15, 0.2) is 24.3 Å². The molecule has 1 aromatic carbocycles. The first-order chi connectivity index (χ1) is 9.99. The molecule has 0 saturated carbocycles. The number of benzene rings is 1. The van der Waals surface area contributed by atoms with Crippen molar-refractivity contribution >= 4 is 11.8 Å². The molecule has 0 bridgehead atoms. The van der Waals surface area contributed by atoms with Crippen molar-refractivity contribution in [3.8, 4) is 5.75 Å². The Bertz CT molecular complexity index is 503. The zero-order valence-electron chi connectivity index (χ0n) is 12.5. The van der Waals surface area contributed by atoms with Gasteiger partial charge in [-0.15, -0.1) is 0 Å². The number of primary amides is 1.